The fraction of sp³-hybridized carbons (Fsp3) is 0.308. The van der Waals surface area contributed by atoms with Gasteiger partial charge in [0.15, 0.2) is 0 Å². The average molecular weight is 1290 g/mol. The van der Waals surface area contributed by atoms with Crippen LogP contribution >= 0.6 is 0 Å². The maximum atomic E-state index is 12.7. The van der Waals surface area contributed by atoms with Crippen LogP contribution < -0.4 is 0 Å². The van der Waals surface area contributed by atoms with Crippen LogP contribution in [0.4, 0.5) is 0 Å². The summed E-state index contributed by atoms with van der Waals surface area (Å²) in [6.07, 6.45) is 1.94. The molecule has 3 heterocycles. The first-order valence-corrected chi connectivity index (χ1v) is 29.7. The summed E-state index contributed by atoms with van der Waals surface area (Å²) in [5.74, 6) is 0.923. The van der Waals surface area contributed by atoms with E-state index in [0.717, 1.165) is 83.6 Å². The molecule has 0 bridgehead atoms. The number of fused-ring (bicyclic) bond motifs is 4. The van der Waals surface area contributed by atoms with E-state index in [4.69, 9.17) is 9.97 Å². The van der Waals surface area contributed by atoms with Crippen molar-refractivity contribution in [3.05, 3.63) is 209 Å². The summed E-state index contributed by atoms with van der Waals surface area (Å²) in [7, 11) is 0. The van der Waals surface area contributed by atoms with E-state index < -0.39 is 0 Å². The Balaban J connectivity index is 0.00000786. The molecule has 0 aliphatic carbocycles. The first-order valence-electron chi connectivity index (χ1n) is 29.7. The molecule has 0 saturated heterocycles. The smallest absolute Gasteiger partial charge is 0.148 e. The summed E-state index contributed by atoms with van der Waals surface area (Å²) in [5.41, 5.74) is 21.1. The minimum Gasteiger partial charge on any atom is -0.507 e. The van der Waals surface area contributed by atoms with Gasteiger partial charge in [-0.3, -0.25) is 9.55 Å². The molecule has 0 fully saturated rings. The van der Waals surface area contributed by atoms with Gasteiger partial charge in [-0.15, -0.1) is 29.3 Å². The van der Waals surface area contributed by atoms with Crippen LogP contribution in [0, 0.1) is 6.07 Å². The second-order valence-corrected chi connectivity index (χ2v) is 29.4. The molecule has 1 N–H and O–H groups in total. The zero-order valence-corrected chi connectivity index (χ0v) is 55.0. The number of benzene rings is 8. The van der Waals surface area contributed by atoms with Gasteiger partial charge < -0.3 is 9.67 Å². The standard InChI is InChI=1S/C78H83N4O.Pt/c1-73(2,3)53-32-34-67(62(45-53)48-25-20-19-21-26-48)82-68-30-24-28-59(70(68)80-72(82)63-46-57(77(13,14)15)47-64(71(63)83)78(16,17)18)51-37-52(39-54(38-51)74(4,5)6)65-40-50(35-36-79-65)49-31-33-61-60-27-22-23-29-66(60)81(69(61)41-49)58-43-55(75(7,8)9)42-56(44-58)76(10,11)12;/h19-36,38-47,83H,1-18H3;/q-1;. The number of hydrogen-bond donors (Lipinski definition) is 1. The van der Waals surface area contributed by atoms with Crippen molar-refractivity contribution in [3.8, 4) is 73.2 Å². The quantitative estimate of drug-likeness (QED) is 0.162. The SMILES string of the molecule is CC(C)(C)c1cc(-c2cc(-c3ccc4c5ccccc5n(-c5cc(C(C)(C)C)cc(C(C)(C)C)c5)c4c3)ccn2)[c-]c(-c2cccc3c2nc(-c2cc(C(C)(C)C)cc(C(C)(C)C)c2O)n3-c2ccc(C(C)(C)C)cc2-c2ccccc2)c1.[Pt]. The Bertz CT molecular complexity index is 4290. The topological polar surface area (TPSA) is 55.9 Å². The molecule has 84 heavy (non-hydrogen) atoms. The molecule has 5 nitrogen and oxygen atoms in total. The number of phenolic OH excluding ortho intramolecular Hbond substituents is 1. The number of aromatic hydroxyl groups is 1. The largest absolute Gasteiger partial charge is 0.507 e. The third kappa shape index (κ3) is 11.3. The summed E-state index contributed by atoms with van der Waals surface area (Å²) < 4.78 is 4.76. The van der Waals surface area contributed by atoms with Crippen LogP contribution in [0.25, 0.3) is 100 Å². The number of aromatic nitrogens is 4. The molecule has 0 unspecified atom stereocenters. The first kappa shape index (κ1) is 59.8. The van der Waals surface area contributed by atoms with Crippen molar-refractivity contribution < 1.29 is 26.2 Å². The van der Waals surface area contributed by atoms with E-state index in [-0.39, 0.29) is 59.3 Å². The Morgan fingerprint density at radius 1 is 0.393 bits per heavy atom. The number of phenols is 1. The molecule has 0 amide bonds. The second-order valence-electron chi connectivity index (χ2n) is 29.4. The van der Waals surface area contributed by atoms with Gasteiger partial charge in [0.1, 0.15) is 11.6 Å². The van der Waals surface area contributed by atoms with Crippen molar-refractivity contribution >= 4 is 32.8 Å². The molecule has 8 aromatic carbocycles. The minimum absolute atomic E-state index is 0. The number of nitrogens with zero attached hydrogens (tertiary/aromatic N) is 4. The van der Waals surface area contributed by atoms with Crippen LogP contribution in [0.5, 0.6) is 5.75 Å². The number of rotatable bonds is 7. The first-order chi connectivity index (χ1) is 38.8. The molecule has 0 spiro atoms. The van der Waals surface area contributed by atoms with Gasteiger partial charge >= 0.3 is 0 Å². The van der Waals surface area contributed by atoms with Crippen LogP contribution in [0.3, 0.4) is 0 Å². The predicted molar refractivity (Wildman–Crippen MR) is 353 cm³/mol. The molecule has 11 aromatic rings. The van der Waals surface area contributed by atoms with E-state index in [1.807, 2.05) is 6.20 Å². The number of pyridine rings is 1. The van der Waals surface area contributed by atoms with Crippen molar-refractivity contribution in [3.63, 3.8) is 0 Å². The van der Waals surface area contributed by atoms with Crippen molar-refractivity contribution in [1.29, 1.82) is 0 Å². The summed E-state index contributed by atoms with van der Waals surface area (Å²) in [4.78, 5) is 10.9. The van der Waals surface area contributed by atoms with Crippen molar-refractivity contribution in [2.45, 2.75) is 157 Å². The second kappa shape index (κ2) is 21.3. The normalized spacial score (nSPS) is 12.8. The summed E-state index contributed by atoms with van der Waals surface area (Å²) >= 11 is 0. The Kier molecular flexibility index (Phi) is 15.2. The Morgan fingerprint density at radius 2 is 0.952 bits per heavy atom. The molecule has 11 rings (SSSR count). The van der Waals surface area contributed by atoms with Gasteiger partial charge in [-0.1, -0.05) is 233 Å². The Labute approximate surface area is 514 Å². The van der Waals surface area contributed by atoms with Gasteiger partial charge in [0.2, 0.25) is 0 Å². The fourth-order valence-electron chi connectivity index (χ4n) is 11.7. The minimum atomic E-state index is -0.350. The average Bonchev–Trinajstić information content (AvgIpc) is 1.61. The number of imidazole rings is 1. The number of para-hydroxylation sites is 2. The zero-order chi connectivity index (χ0) is 59.5. The molecule has 3 aromatic heterocycles. The van der Waals surface area contributed by atoms with Crippen LogP contribution in [-0.2, 0) is 53.6 Å². The predicted octanol–water partition coefficient (Wildman–Crippen LogP) is 21.1. The van der Waals surface area contributed by atoms with Crippen molar-refractivity contribution in [1.82, 2.24) is 19.1 Å². The molecule has 0 aliphatic heterocycles. The van der Waals surface area contributed by atoms with Crippen molar-refractivity contribution in [2.24, 2.45) is 0 Å². The summed E-state index contributed by atoms with van der Waals surface area (Å²) in [6, 6.07) is 64.2. The van der Waals surface area contributed by atoms with Crippen LogP contribution in [0.15, 0.2) is 170 Å². The van der Waals surface area contributed by atoms with Gasteiger partial charge in [0.05, 0.1) is 33.3 Å². The molecule has 6 heteroatoms. The fourth-order valence-corrected chi connectivity index (χ4v) is 11.7. The van der Waals surface area contributed by atoms with Gasteiger partial charge in [-0.2, -0.15) is 0 Å². The summed E-state index contributed by atoms with van der Waals surface area (Å²) in [6.45, 7) is 40.7. The number of hydrogen-bond acceptors (Lipinski definition) is 3. The Hall–Kier alpha value is -7.33. The molecule has 0 atom stereocenters. The molecular formula is C78H83N4OPt-. The maximum absolute atomic E-state index is 12.7. The molecule has 0 radical (unpaired) electrons. The van der Waals surface area contributed by atoms with Gasteiger partial charge in [0, 0.05) is 60.5 Å². The molecule has 0 aliphatic rings. The van der Waals surface area contributed by atoms with E-state index in [1.54, 1.807) is 0 Å². The zero-order valence-electron chi connectivity index (χ0n) is 52.7. The van der Waals surface area contributed by atoms with E-state index in [9.17, 15) is 5.11 Å². The van der Waals surface area contributed by atoms with E-state index in [0.29, 0.717) is 11.4 Å². The molecule has 432 valence electrons. The third-order valence-electron chi connectivity index (χ3n) is 16.9. The van der Waals surface area contributed by atoms with Crippen LogP contribution in [0.1, 0.15) is 158 Å². The molecule has 0 saturated carbocycles. The summed E-state index contributed by atoms with van der Waals surface area (Å²) in [5, 5.41) is 15.2. The molecular weight excluding hydrogens is 1200 g/mol. The monoisotopic (exact) mass is 1290 g/mol. The Morgan fingerprint density at radius 3 is 1.60 bits per heavy atom. The van der Waals surface area contributed by atoms with E-state index in [1.165, 1.54) is 38.7 Å². The maximum Gasteiger partial charge on any atom is 0.148 e. The van der Waals surface area contributed by atoms with Crippen LogP contribution in [0.2, 0.25) is 0 Å². The van der Waals surface area contributed by atoms with E-state index >= 15 is 0 Å². The van der Waals surface area contributed by atoms with Gasteiger partial charge in [-0.05, 0) is 126 Å². The third-order valence-corrected chi connectivity index (χ3v) is 16.9. The van der Waals surface area contributed by atoms with Gasteiger partial charge in [0.25, 0.3) is 0 Å². The van der Waals surface area contributed by atoms with Crippen LogP contribution in [-0.4, -0.2) is 24.2 Å². The van der Waals surface area contributed by atoms with E-state index in [2.05, 4.69) is 304 Å². The van der Waals surface area contributed by atoms with Crippen molar-refractivity contribution in [2.75, 3.05) is 0 Å². The van der Waals surface area contributed by atoms with Gasteiger partial charge in [-0.25, -0.2) is 4.98 Å².